The zero-order valence-electron chi connectivity index (χ0n) is 18.1. The van der Waals surface area contributed by atoms with E-state index in [9.17, 15) is 19.5 Å². The number of ether oxygens (including phenoxy) is 2. The molecule has 1 saturated heterocycles. The Bertz CT molecular complexity index is 847. The third-order valence-corrected chi connectivity index (χ3v) is 9.94. The molecule has 1 N–H and O–H groups in total. The maximum atomic E-state index is 12.9. The number of hydrogen-bond donors (Lipinski definition) is 1. The molecular formula is C24H32O6. The fourth-order valence-electron chi connectivity index (χ4n) is 8.24. The lowest BCUT2D eigenvalue weighted by Crippen LogP contribution is -2.63. The van der Waals surface area contributed by atoms with Crippen molar-refractivity contribution in [1.29, 1.82) is 0 Å². The largest absolute Gasteiger partial charge is 0.469 e. The minimum Gasteiger partial charge on any atom is -0.469 e. The number of esters is 2. The summed E-state index contributed by atoms with van der Waals surface area (Å²) >= 11 is 0. The molecule has 0 amide bonds. The van der Waals surface area contributed by atoms with Crippen LogP contribution in [0.4, 0.5) is 0 Å². The quantitative estimate of drug-likeness (QED) is 0.661. The summed E-state index contributed by atoms with van der Waals surface area (Å²) in [5.74, 6) is -0.360. The molecule has 4 aliphatic carbocycles. The lowest BCUT2D eigenvalue weighted by molar-refractivity contribution is -0.207. The number of aliphatic hydroxyl groups is 1. The Kier molecular flexibility index (Phi) is 4.32. The number of rotatable bonds is 1. The summed E-state index contributed by atoms with van der Waals surface area (Å²) in [5.41, 5.74) is -0.326. The minimum atomic E-state index is -0.626. The van der Waals surface area contributed by atoms with Gasteiger partial charge in [-0.2, -0.15) is 0 Å². The Labute approximate surface area is 177 Å². The smallest absolute Gasteiger partial charge is 0.309 e. The molecule has 5 aliphatic rings. The molecular weight excluding hydrogens is 384 g/mol. The van der Waals surface area contributed by atoms with E-state index >= 15 is 0 Å². The molecule has 6 nitrogen and oxygen atoms in total. The van der Waals surface area contributed by atoms with Gasteiger partial charge in [0.15, 0.2) is 5.78 Å². The molecule has 0 aromatic carbocycles. The Balaban J connectivity index is 1.61. The highest BCUT2D eigenvalue weighted by Crippen LogP contribution is 2.70. The molecule has 30 heavy (non-hydrogen) atoms. The fourth-order valence-corrected chi connectivity index (χ4v) is 8.24. The maximum Gasteiger partial charge on any atom is 0.309 e. The molecule has 0 radical (unpaired) electrons. The molecule has 1 aliphatic heterocycles. The number of fused-ring (bicyclic) bond motifs is 6. The van der Waals surface area contributed by atoms with Crippen molar-refractivity contribution in [3.05, 3.63) is 11.6 Å². The van der Waals surface area contributed by atoms with Crippen LogP contribution in [0.5, 0.6) is 0 Å². The number of ketones is 1. The van der Waals surface area contributed by atoms with Crippen LogP contribution >= 0.6 is 0 Å². The number of allylic oxidation sites excluding steroid dienone is 1. The number of carbonyl (C=O) groups excluding carboxylic acids is 3. The molecule has 3 saturated carbocycles. The molecule has 1 spiro atoms. The minimum absolute atomic E-state index is 0.0554. The van der Waals surface area contributed by atoms with Crippen molar-refractivity contribution in [3.8, 4) is 0 Å². The van der Waals surface area contributed by atoms with Gasteiger partial charge in [0.1, 0.15) is 5.60 Å². The highest BCUT2D eigenvalue weighted by molar-refractivity contribution is 5.92. The second-order valence-corrected chi connectivity index (χ2v) is 10.7. The van der Waals surface area contributed by atoms with Crippen LogP contribution < -0.4 is 0 Å². The number of hydrogen-bond acceptors (Lipinski definition) is 6. The standard InChI is InChI=1S/C24H32O6/c1-22-7-4-14(25)10-13(22)11-15(21(28)29-3)20-16-5-8-24(9-6-19(27)30-24)23(16,2)18(26)12-17(20)22/h10,15-18,20,26H,4-9,11-12H2,1-3H3/t15?,16?,17?,18-,20+,22+,23-,24-/m1/s1. The molecule has 0 bridgehead atoms. The van der Waals surface area contributed by atoms with Gasteiger partial charge < -0.3 is 14.6 Å². The van der Waals surface area contributed by atoms with Crippen LogP contribution in [-0.2, 0) is 23.9 Å². The Morgan fingerprint density at radius 3 is 2.60 bits per heavy atom. The Morgan fingerprint density at radius 1 is 1.17 bits per heavy atom. The first kappa shape index (κ1) is 20.2. The van der Waals surface area contributed by atoms with Crippen LogP contribution in [-0.4, -0.2) is 41.6 Å². The van der Waals surface area contributed by atoms with Crippen LogP contribution in [0.2, 0.25) is 0 Å². The molecule has 5 rings (SSSR count). The predicted octanol–water partition coefficient (Wildman–Crippen LogP) is 2.96. The molecule has 0 aromatic rings. The average molecular weight is 417 g/mol. The lowest BCUT2D eigenvalue weighted by Gasteiger charge is -2.62. The van der Waals surface area contributed by atoms with E-state index in [4.69, 9.17) is 9.47 Å². The van der Waals surface area contributed by atoms with E-state index in [1.165, 1.54) is 7.11 Å². The van der Waals surface area contributed by atoms with Crippen molar-refractivity contribution in [1.82, 2.24) is 0 Å². The molecule has 1 heterocycles. The maximum absolute atomic E-state index is 12.9. The summed E-state index contributed by atoms with van der Waals surface area (Å²) in [7, 11) is 1.43. The first-order valence-electron chi connectivity index (χ1n) is 11.4. The molecule has 8 atom stereocenters. The highest BCUT2D eigenvalue weighted by atomic mass is 16.6. The Hall–Kier alpha value is -1.69. The second-order valence-electron chi connectivity index (χ2n) is 10.7. The molecule has 0 aromatic heterocycles. The van der Waals surface area contributed by atoms with Crippen molar-refractivity contribution < 1.29 is 29.0 Å². The van der Waals surface area contributed by atoms with E-state index < -0.39 is 17.1 Å². The molecule has 6 heteroatoms. The summed E-state index contributed by atoms with van der Waals surface area (Å²) in [5, 5.41) is 11.5. The first-order valence-corrected chi connectivity index (χ1v) is 11.4. The normalized spacial score (nSPS) is 49.7. The van der Waals surface area contributed by atoms with Gasteiger partial charge in [0.25, 0.3) is 0 Å². The SMILES string of the molecule is COC(=O)C1CC2=CC(=O)CC[C@]2(C)C2C[C@@H](O)[C@@]3(C)C(CC[C@@]34CCC(=O)O4)[C@H]12. The molecule has 164 valence electrons. The zero-order chi connectivity index (χ0) is 21.5. The first-order chi connectivity index (χ1) is 14.2. The van der Waals surface area contributed by atoms with Crippen LogP contribution in [0.15, 0.2) is 11.6 Å². The van der Waals surface area contributed by atoms with Crippen LogP contribution in [0.25, 0.3) is 0 Å². The van der Waals surface area contributed by atoms with Crippen molar-refractivity contribution in [2.75, 3.05) is 7.11 Å². The number of aliphatic hydroxyl groups excluding tert-OH is 1. The van der Waals surface area contributed by atoms with Crippen molar-refractivity contribution >= 4 is 17.7 Å². The van der Waals surface area contributed by atoms with Crippen molar-refractivity contribution in [3.63, 3.8) is 0 Å². The summed E-state index contributed by atoms with van der Waals surface area (Å²) in [4.78, 5) is 37.2. The third-order valence-electron chi connectivity index (χ3n) is 9.94. The van der Waals surface area contributed by atoms with Gasteiger partial charge >= 0.3 is 11.9 Å². The zero-order valence-corrected chi connectivity index (χ0v) is 18.1. The van der Waals surface area contributed by atoms with Crippen LogP contribution in [0, 0.1) is 34.5 Å². The second kappa shape index (κ2) is 6.41. The van der Waals surface area contributed by atoms with E-state index in [0.29, 0.717) is 32.1 Å². The fraction of sp³-hybridized carbons (Fsp3) is 0.792. The van der Waals surface area contributed by atoms with E-state index in [1.807, 2.05) is 0 Å². The number of methoxy groups -OCH3 is 1. The summed E-state index contributed by atoms with van der Waals surface area (Å²) in [6.07, 6.45) is 6.17. The summed E-state index contributed by atoms with van der Waals surface area (Å²) < 4.78 is 11.2. The molecule has 3 unspecified atom stereocenters. The van der Waals surface area contributed by atoms with Gasteiger partial charge in [0, 0.05) is 18.3 Å². The van der Waals surface area contributed by atoms with Gasteiger partial charge in [-0.05, 0) is 67.8 Å². The van der Waals surface area contributed by atoms with Gasteiger partial charge in [0.05, 0.1) is 19.1 Å². The van der Waals surface area contributed by atoms with Gasteiger partial charge in [-0.1, -0.05) is 19.4 Å². The van der Waals surface area contributed by atoms with Gasteiger partial charge in [-0.3, -0.25) is 14.4 Å². The van der Waals surface area contributed by atoms with E-state index in [1.54, 1.807) is 6.08 Å². The van der Waals surface area contributed by atoms with E-state index in [2.05, 4.69) is 13.8 Å². The van der Waals surface area contributed by atoms with Crippen LogP contribution in [0.1, 0.15) is 65.2 Å². The van der Waals surface area contributed by atoms with Crippen molar-refractivity contribution in [2.45, 2.75) is 76.9 Å². The van der Waals surface area contributed by atoms with E-state index in [0.717, 1.165) is 24.8 Å². The summed E-state index contributed by atoms with van der Waals surface area (Å²) in [6.45, 7) is 4.29. The average Bonchev–Trinajstić information content (AvgIpc) is 3.24. The van der Waals surface area contributed by atoms with Gasteiger partial charge in [0.2, 0.25) is 0 Å². The van der Waals surface area contributed by atoms with Crippen molar-refractivity contribution in [2.24, 2.45) is 34.5 Å². The number of carbonyl (C=O) groups is 3. The van der Waals surface area contributed by atoms with Gasteiger partial charge in [-0.15, -0.1) is 0 Å². The Morgan fingerprint density at radius 2 is 1.93 bits per heavy atom. The third kappa shape index (κ3) is 2.37. The predicted molar refractivity (Wildman–Crippen MR) is 107 cm³/mol. The highest BCUT2D eigenvalue weighted by Gasteiger charge is 2.72. The monoisotopic (exact) mass is 416 g/mol. The van der Waals surface area contributed by atoms with Crippen LogP contribution in [0.3, 0.4) is 0 Å². The topological polar surface area (TPSA) is 89.9 Å². The lowest BCUT2D eigenvalue weighted by atomic mass is 9.43. The van der Waals surface area contributed by atoms with Gasteiger partial charge in [-0.25, -0.2) is 0 Å². The molecule has 4 fully saturated rings. The van der Waals surface area contributed by atoms with E-state index in [-0.39, 0.29) is 46.8 Å². The summed E-state index contributed by atoms with van der Waals surface area (Å²) in [6, 6.07) is 0.